The number of aryl methyl sites for hydroxylation is 1. The number of nitrogens with zero attached hydrogens (tertiary/aromatic N) is 3. The number of benzene rings is 2. The van der Waals surface area contributed by atoms with Gasteiger partial charge in [-0.15, -0.1) is 5.10 Å². The fourth-order valence-electron chi connectivity index (χ4n) is 3.18. The molecule has 3 aromatic rings. The lowest BCUT2D eigenvalue weighted by Crippen LogP contribution is -2.11. The number of nitrogens with one attached hydrogen (secondary N) is 1. The number of hydrogen-bond donors (Lipinski definition) is 1. The summed E-state index contributed by atoms with van der Waals surface area (Å²) >= 11 is 0. The average Bonchev–Trinajstić information content (AvgIpc) is 3.16. The molecule has 3 rings (SSSR count). The monoisotopic (exact) mass is 392 g/mol. The number of rotatable bonds is 9. The molecule has 0 saturated heterocycles. The predicted octanol–water partition coefficient (Wildman–Crippen LogP) is 5.16. The summed E-state index contributed by atoms with van der Waals surface area (Å²) < 4.78 is 7.01. The Morgan fingerprint density at radius 1 is 1.07 bits per heavy atom. The molecule has 0 aliphatic heterocycles. The van der Waals surface area contributed by atoms with Gasteiger partial charge in [0.2, 0.25) is 5.91 Å². The maximum absolute atomic E-state index is 12.1. The van der Waals surface area contributed by atoms with E-state index in [1.807, 2.05) is 55.5 Å². The first kappa shape index (κ1) is 20.6. The van der Waals surface area contributed by atoms with Crippen LogP contribution in [0.3, 0.4) is 0 Å². The van der Waals surface area contributed by atoms with E-state index in [4.69, 9.17) is 4.74 Å². The van der Waals surface area contributed by atoms with Crippen molar-refractivity contribution >= 4 is 11.6 Å². The largest absolute Gasteiger partial charge is 0.466 e. The zero-order valence-electron chi connectivity index (χ0n) is 17.3. The van der Waals surface area contributed by atoms with E-state index in [1.54, 1.807) is 11.8 Å². The topological polar surface area (TPSA) is 69.0 Å². The highest BCUT2D eigenvalue weighted by Gasteiger charge is 2.15. The lowest BCUT2D eigenvalue weighted by Gasteiger charge is -2.09. The number of amides is 1. The standard InChI is InChI=1S/C23H28N4O2/c1-4-5-6-7-12-21(28)24-18-13-15-19(16-14-18)27-22(25-23(26-27)29-3)20-11-9-8-10-17(20)2/h8-11,13-16H,4-7,12H2,1-3H3,(H,24,28). The molecule has 0 bridgehead atoms. The van der Waals surface area contributed by atoms with Gasteiger partial charge in [0, 0.05) is 17.7 Å². The number of carbonyl (C=O) groups excluding carboxylic acids is 1. The minimum absolute atomic E-state index is 0.0527. The first-order chi connectivity index (χ1) is 14.1. The molecule has 0 aliphatic carbocycles. The van der Waals surface area contributed by atoms with E-state index < -0.39 is 0 Å². The van der Waals surface area contributed by atoms with Crippen LogP contribution in [-0.2, 0) is 4.79 Å². The molecule has 0 unspecified atom stereocenters. The van der Waals surface area contributed by atoms with E-state index in [2.05, 4.69) is 22.3 Å². The molecule has 6 nitrogen and oxygen atoms in total. The minimum atomic E-state index is 0.0527. The van der Waals surface area contributed by atoms with Gasteiger partial charge in [0.25, 0.3) is 0 Å². The zero-order valence-corrected chi connectivity index (χ0v) is 17.3. The van der Waals surface area contributed by atoms with Crippen LogP contribution in [0.4, 0.5) is 5.69 Å². The maximum atomic E-state index is 12.1. The van der Waals surface area contributed by atoms with Gasteiger partial charge in [0.1, 0.15) is 0 Å². The second-order valence-electron chi connectivity index (χ2n) is 7.05. The van der Waals surface area contributed by atoms with Crippen molar-refractivity contribution < 1.29 is 9.53 Å². The average molecular weight is 393 g/mol. The van der Waals surface area contributed by atoms with E-state index in [0.717, 1.165) is 35.3 Å². The summed E-state index contributed by atoms with van der Waals surface area (Å²) in [7, 11) is 1.56. The fourth-order valence-corrected chi connectivity index (χ4v) is 3.18. The molecule has 152 valence electrons. The Balaban J connectivity index is 1.77. The Morgan fingerprint density at radius 2 is 1.83 bits per heavy atom. The summed E-state index contributed by atoms with van der Waals surface area (Å²) in [6.45, 7) is 4.21. The van der Waals surface area contributed by atoms with Crippen LogP contribution in [0.5, 0.6) is 6.01 Å². The summed E-state index contributed by atoms with van der Waals surface area (Å²) in [5, 5.41) is 7.42. The van der Waals surface area contributed by atoms with Crippen molar-refractivity contribution in [3.8, 4) is 23.1 Å². The lowest BCUT2D eigenvalue weighted by atomic mass is 10.1. The van der Waals surface area contributed by atoms with Crippen molar-refractivity contribution in [3.63, 3.8) is 0 Å². The van der Waals surface area contributed by atoms with Gasteiger partial charge in [-0.05, 0) is 43.2 Å². The van der Waals surface area contributed by atoms with Crippen LogP contribution in [0.1, 0.15) is 44.6 Å². The highest BCUT2D eigenvalue weighted by atomic mass is 16.5. The zero-order chi connectivity index (χ0) is 20.6. The molecule has 1 heterocycles. The molecule has 0 spiro atoms. The van der Waals surface area contributed by atoms with Crippen molar-refractivity contribution in [2.75, 3.05) is 12.4 Å². The van der Waals surface area contributed by atoms with Crippen LogP contribution >= 0.6 is 0 Å². The van der Waals surface area contributed by atoms with Crippen molar-refractivity contribution in [1.82, 2.24) is 14.8 Å². The summed E-state index contributed by atoms with van der Waals surface area (Å²) in [6.07, 6.45) is 4.92. The Labute approximate surface area is 171 Å². The number of unbranched alkanes of at least 4 members (excludes halogenated alkanes) is 3. The summed E-state index contributed by atoms with van der Waals surface area (Å²) in [5.74, 6) is 0.768. The van der Waals surface area contributed by atoms with Crippen molar-refractivity contribution in [3.05, 3.63) is 54.1 Å². The van der Waals surface area contributed by atoms with Crippen LogP contribution in [0.2, 0.25) is 0 Å². The third-order valence-electron chi connectivity index (χ3n) is 4.81. The first-order valence-electron chi connectivity index (χ1n) is 10.1. The Kier molecular flexibility index (Phi) is 7.00. The fraction of sp³-hybridized carbons (Fsp3) is 0.348. The highest BCUT2D eigenvalue weighted by Crippen LogP contribution is 2.26. The Morgan fingerprint density at radius 3 is 2.52 bits per heavy atom. The van der Waals surface area contributed by atoms with Crippen LogP contribution in [0.15, 0.2) is 48.5 Å². The third kappa shape index (κ3) is 5.22. The molecule has 1 amide bonds. The van der Waals surface area contributed by atoms with Crippen LogP contribution in [0.25, 0.3) is 17.1 Å². The van der Waals surface area contributed by atoms with E-state index in [-0.39, 0.29) is 5.91 Å². The minimum Gasteiger partial charge on any atom is -0.466 e. The molecule has 6 heteroatoms. The second kappa shape index (κ2) is 9.87. The number of carbonyl (C=O) groups is 1. The van der Waals surface area contributed by atoms with Crippen LogP contribution < -0.4 is 10.1 Å². The molecule has 0 fully saturated rings. The van der Waals surface area contributed by atoms with Gasteiger partial charge >= 0.3 is 6.01 Å². The Bertz CT molecular complexity index is 948. The van der Waals surface area contributed by atoms with E-state index in [9.17, 15) is 4.79 Å². The van der Waals surface area contributed by atoms with Crippen molar-refractivity contribution in [1.29, 1.82) is 0 Å². The van der Waals surface area contributed by atoms with Gasteiger partial charge in [-0.1, -0.05) is 50.5 Å². The van der Waals surface area contributed by atoms with Gasteiger partial charge in [0.15, 0.2) is 5.82 Å². The molecule has 0 radical (unpaired) electrons. The molecule has 0 saturated carbocycles. The molecule has 0 atom stereocenters. The predicted molar refractivity (Wildman–Crippen MR) is 115 cm³/mol. The van der Waals surface area contributed by atoms with Crippen molar-refractivity contribution in [2.45, 2.75) is 46.0 Å². The molecule has 1 aromatic heterocycles. The molecule has 2 aromatic carbocycles. The van der Waals surface area contributed by atoms with Crippen LogP contribution in [0, 0.1) is 6.92 Å². The van der Waals surface area contributed by atoms with E-state index in [0.29, 0.717) is 18.3 Å². The number of ether oxygens (including phenoxy) is 1. The quantitative estimate of drug-likeness (QED) is 0.511. The SMILES string of the molecule is CCCCCCC(=O)Nc1ccc(-n2nc(OC)nc2-c2ccccc2C)cc1. The maximum Gasteiger partial charge on any atom is 0.336 e. The molecule has 29 heavy (non-hydrogen) atoms. The van der Waals surface area contributed by atoms with Gasteiger partial charge in [-0.2, -0.15) is 4.98 Å². The van der Waals surface area contributed by atoms with Crippen LogP contribution in [-0.4, -0.2) is 27.8 Å². The van der Waals surface area contributed by atoms with Crippen molar-refractivity contribution in [2.24, 2.45) is 0 Å². The van der Waals surface area contributed by atoms with Gasteiger partial charge in [-0.25, -0.2) is 4.68 Å². The molecular weight excluding hydrogens is 364 g/mol. The first-order valence-corrected chi connectivity index (χ1v) is 10.1. The second-order valence-corrected chi connectivity index (χ2v) is 7.05. The third-order valence-corrected chi connectivity index (χ3v) is 4.81. The number of methoxy groups -OCH3 is 1. The molecule has 0 aliphatic rings. The molecule has 1 N–H and O–H groups in total. The highest BCUT2D eigenvalue weighted by molar-refractivity contribution is 5.90. The van der Waals surface area contributed by atoms with E-state index in [1.165, 1.54) is 12.8 Å². The molecular formula is C23H28N4O2. The van der Waals surface area contributed by atoms with E-state index >= 15 is 0 Å². The lowest BCUT2D eigenvalue weighted by molar-refractivity contribution is -0.116. The number of anilines is 1. The normalized spacial score (nSPS) is 10.7. The summed E-state index contributed by atoms with van der Waals surface area (Å²) in [5.41, 5.74) is 3.72. The van der Waals surface area contributed by atoms with Gasteiger partial charge in [0.05, 0.1) is 12.8 Å². The number of hydrogen-bond acceptors (Lipinski definition) is 4. The van der Waals surface area contributed by atoms with Gasteiger partial charge in [-0.3, -0.25) is 4.79 Å². The Hall–Kier alpha value is -3.15. The summed E-state index contributed by atoms with van der Waals surface area (Å²) in [6, 6.07) is 16.0. The van der Waals surface area contributed by atoms with Gasteiger partial charge < -0.3 is 10.1 Å². The summed E-state index contributed by atoms with van der Waals surface area (Å²) in [4.78, 5) is 16.6. The smallest absolute Gasteiger partial charge is 0.336 e. The number of aromatic nitrogens is 3.